The van der Waals surface area contributed by atoms with Crippen LogP contribution in [0.5, 0.6) is 5.75 Å². The van der Waals surface area contributed by atoms with Gasteiger partial charge >= 0.3 is 0 Å². The van der Waals surface area contributed by atoms with E-state index >= 15 is 0 Å². The molecule has 0 saturated heterocycles. The van der Waals surface area contributed by atoms with Crippen LogP contribution in [0.15, 0.2) is 42.7 Å². The summed E-state index contributed by atoms with van der Waals surface area (Å²) in [5, 5.41) is 15.1. The fraction of sp³-hybridized carbons (Fsp3) is 0.423. The van der Waals surface area contributed by atoms with Gasteiger partial charge in [0.2, 0.25) is 5.95 Å². The highest BCUT2D eigenvalue weighted by Gasteiger charge is 2.48. The largest absolute Gasteiger partial charge is 0.494 e. The van der Waals surface area contributed by atoms with E-state index in [0.717, 1.165) is 43.1 Å². The van der Waals surface area contributed by atoms with Gasteiger partial charge in [-0.15, -0.1) is 0 Å². The zero-order valence-electron chi connectivity index (χ0n) is 21.6. The van der Waals surface area contributed by atoms with Crippen LogP contribution in [0.1, 0.15) is 25.0 Å². The SMILES string of the molecule is COc1cc(N(C)CCN(C)C)c([N+](=O)[O-])cc1Nc1nccc(N2CC3(CCC3)c3ncccc32)n1. The summed E-state index contributed by atoms with van der Waals surface area (Å²) in [5.41, 5.74) is 3.19. The zero-order valence-corrected chi connectivity index (χ0v) is 21.6. The molecule has 3 heterocycles. The number of nitrogens with zero attached hydrogens (tertiary/aromatic N) is 7. The Hall–Kier alpha value is -3.99. The number of aromatic nitrogens is 3. The molecule has 2 aromatic heterocycles. The maximum absolute atomic E-state index is 12.0. The topological polar surface area (TPSA) is 113 Å². The van der Waals surface area contributed by atoms with E-state index in [4.69, 9.17) is 14.7 Å². The van der Waals surface area contributed by atoms with Gasteiger partial charge in [0.25, 0.3) is 5.69 Å². The van der Waals surface area contributed by atoms with Crippen LogP contribution in [0, 0.1) is 10.1 Å². The van der Waals surface area contributed by atoms with Gasteiger partial charge in [-0.1, -0.05) is 6.42 Å². The van der Waals surface area contributed by atoms with E-state index in [1.807, 2.05) is 49.3 Å². The van der Waals surface area contributed by atoms with E-state index in [0.29, 0.717) is 29.6 Å². The highest BCUT2D eigenvalue weighted by molar-refractivity contribution is 5.77. The number of nitro groups is 1. The number of methoxy groups -OCH3 is 1. The lowest BCUT2D eigenvalue weighted by atomic mass is 9.67. The Kier molecular flexibility index (Phi) is 6.55. The highest BCUT2D eigenvalue weighted by Crippen LogP contribution is 2.53. The van der Waals surface area contributed by atoms with Gasteiger partial charge in [0, 0.05) is 56.6 Å². The van der Waals surface area contributed by atoms with Crippen LogP contribution in [0.3, 0.4) is 0 Å². The number of fused-ring (bicyclic) bond motifs is 2. The van der Waals surface area contributed by atoms with Crippen molar-refractivity contribution in [2.24, 2.45) is 0 Å². The molecule has 3 aromatic rings. The summed E-state index contributed by atoms with van der Waals surface area (Å²) in [5.74, 6) is 1.55. The number of nitrogens with one attached hydrogen (secondary N) is 1. The number of ether oxygens (including phenoxy) is 1. The molecule has 11 nitrogen and oxygen atoms in total. The Bertz CT molecular complexity index is 1310. The van der Waals surface area contributed by atoms with Gasteiger partial charge in [0.15, 0.2) is 0 Å². The quantitative estimate of drug-likeness (QED) is 0.337. The van der Waals surface area contributed by atoms with Gasteiger partial charge < -0.3 is 24.8 Å². The molecule has 0 unspecified atom stereocenters. The summed E-state index contributed by atoms with van der Waals surface area (Å²) < 4.78 is 5.60. The molecule has 1 aliphatic heterocycles. The predicted octanol–water partition coefficient (Wildman–Crippen LogP) is 4.10. The smallest absolute Gasteiger partial charge is 0.294 e. The summed E-state index contributed by atoms with van der Waals surface area (Å²) in [6.45, 7) is 2.22. The van der Waals surface area contributed by atoms with E-state index in [1.165, 1.54) is 12.5 Å². The van der Waals surface area contributed by atoms with Crippen molar-refractivity contribution in [1.82, 2.24) is 19.9 Å². The Morgan fingerprint density at radius 3 is 2.65 bits per heavy atom. The van der Waals surface area contributed by atoms with Crippen LogP contribution in [-0.2, 0) is 5.41 Å². The molecule has 0 bridgehead atoms. The Morgan fingerprint density at radius 2 is 1.97 bits per heavy atom. The Balaban J connectivity index is 1.44. The number of likely N-dealkylation sites (N-methyl/N-ethyl adjacent to an activating group) is 2. The molecule has 37 heavy (non-hydrogen) atoms. The molecule has 0 radical (unpaired) electrons. The van der Waals surface area contributed by atoms with E-state index in [-0.39, 0.29) is 16.0 Å². The molecule has 0 atom stereocenters. The molecule has 0 amide bonds. The highest BCUT2D eigenvalue weighted by atomic mass is 16.6. The normalized spacial score (nSPS) is 15.4. The second-order valence-corrected chi connectivity index (χ2v) is 9.98. The first-order valence-electron chi connectivity index (χ1n) is 12.4. The van der Waals surface area contributed by atoms with E-state index in [1.54, 1.807) is 19.4 Å². The summed E-state index contributed by atoms with van der Waals surface area (Å²) in [4.78, 5) is 31.5. The summed E-state index contributed by atoms with van der Waals surface area (Å²) in [6, 6.07) is 9.08. The van der Waals surface area contributed by atoms with Crippen molar-refractivity contribution in [3.63, 3.8) is 0 Å². The molecular weight excluding hydrogens is 472 g/mol. The predicted molar refractivity (Wildman–Crippen MR) is 144 cm³/mol. The molecule has 11 heteroatoms. The van der Waals surface area contributed by atoms with Crippen LogP contribution in [0.2, 0.25) is 0 Å². The van der Waals surface area contributed by atoms with Gasteiger partial charge in [0.1, 0.15) is 17.3 Å². The monoisotopic (exact) mass is 504 g/mol. The zero-order chi connectivity index (χ0) is 26.2. The summed E-state index contributed by atoms with van der Waals surface area (Å²) >= 11 is 0. The fourth-order valence-electron chi connectivity index (χ4n) is 5.12. The Labute approximate surface area is 216 Å². The van der Waals surface area contributed by atoms with Crippen LogP contribution in [0.4, 0.5) is 34.5 Å². The average Bonchev–Trinajstić information content (AvgIpc) is 3.23. The fourth-order valence-corrected chi connectivity index (χ4v) is 5.12. The first-order chi connectivity index (χ1) is 17.8. The first kappa shape index (κ1) is 24.7. The van der Waals surface area contributed by atoms with Gasteiger partial charge in [-0.2, -0.15) is 4.98 Å². The lowest BCUT2D eigenvalue weighted by Gasteiger charge is -2.38. The van der Waals surface area contributed by atoms with Crippen molar-refractivity contribution in [3.05, 3.63) is 58.5 Å². The standard InChI is InChI=1S/C26H32N8O3/c1-31(2)13-14-32(3)20-16-22(37-4)18(15-21(20)34(35)36)29-25-28-12-8-23(30-25)33-17-26(9-6-10-26)24-19(33)7-5-11-27-24/h5,7-8,11-12,15-16H,6,9-10,13-14,17H2,1-4H3,(H,28,29,30). The van der Waals surface area contributed by atoms with Gasteiger partial charge in [-0.3, -0.25) is 15.1 Å². The second kappa shape index (κ2) is 9.81. The third-order valence-corrected chi connectivity index (χ3v) is 7.30. The van der Waals surface area contributed by atoms with E-state index in [2.05, 4.69) is 21.3 Å². The van der Waals surface area contributed by atoms with Crippen molar-refractivity contribution >= 4 is 34.5 Å². The molecule has 1 N–H and O–H groups in total. The molecule has 1 aromatic carbocycles. The van der Waals surface area contributed by atoms with Gasteiger partial charge in [0.05, 0.1) is 29.1 Å². The minimum atomic E-state index is -0.379. The maximum Gasteiger partial charge on any atom is 0.294 e. The minimum absolute atomic E-state index is 0.0211. The number of nitro benzene ring substituents is 1. The van der Waals surface area contributed by atoms with Crippen LogP contribution in [-0.4, -0.2) is 72.7 Å². The number of rotatable bonds is 9. The molecule has 5 rings (SSSR count). The van der Waals surface area contributed by atoms with Crippen LogP contribution >= 0.6 is 0 Å². The summed E-state index contributed by atoms with van der Waals surface area (Å²) in [6.07, 6.45) is 7.01. The molecule has 1 spiro atoms. The van der Waals surface area contributed by atoms with Crippen molar-refractivity contribution in [3.8, 4) is 5.75 Å². The molecule has 1 fully saturated rings. The summed E-state index contributed by atoms with van der Waals surface area (Å²) in [7, 11) is 7.31. The van der Waals surface area contributed by atoms with Crippen molar-refractivity contribution in [2.45, 2.75) is 24.7 Å². The third kappa shape index (κ3) is 4.62. The third-order valence-electron chi connectivity index (χ3n) is 7.30. The molecule has 2 aliphatic rings. The number of hydrogen-bond acceptors (Lipinski definition) is 10. The van der Waals surface area contributed by atoms with Crippen molar-refractivity contribution in [1.29, 1.82) is 0 Å². The van der Waals surface area contributed by atoms with Crippen LogP contribution < -0.4 is 19.9 Å². The Morgan fingerprint density at radius 1 is 1.16 bits per heavy atom. The molecule has 1 aliphatic carbocycles. The second-order valence-electron chi connectivity index (χ2n) is 9.98. The van der Waals surface area contributed by atoms with Gasteiger partial charge in [-0.25, -0.2) is 4.98 Å². The number of benzene rings is 1. The molecular formula is C26H32N8O3. The average molecular weight is 505 g/mol. The minimum Gasteiger partial charge on any atom is -0.494 e. The number of anilines is 5. The van der Waals surface area contributed by atoms with Crippen LogP contribution in [0.25, 0.3) is 0 Å². The van der Waals surface area contributed by atoms with Crippen molar-refractivity contribution < 1.29 is 9.66 Å². The molecule has 1 saturated carbocycles. The van der Waals surface area contributed by atoms with E-state index < -0.39 is 0 Å². The maximum atomic E-state index is 12.0. The first-order valence-corrected chi connectivity index (χ1v) is 12.4. The number of pyridine rings is 1. The van der Waals surface area contributed by atoms with E-state index in [9.17, 15) is 10.1 Å². The van der Waals surface area contributed by atoms with Gasteiger partial charge in [-0.05, 0) is 45.1 Å². The van der Waals surface area contributed by atoms with Crippen molar-refractivity contribution in [2.75, 3.05) is 63.0 Å². The number of hydrogen-bond donors (Lipinski definition) is 1. The molecule has 194 valence electrons. The lowest BCUT2D eigenvalue weighted by Crippen LogP contribution is -2.38. The lowest BCUT2D eigenvalue weighted by molar-refractivity contribution is -0.384.